The minimum absolute atomic E-state index is 0.198. The first kappa shape index (κ1) is 14.9. The SMILES string of the molecule is COc1ccc(C(C)(C)C(=O)N2CCNCC2)cc1C. The topological polar surface area (TPSA) is 41.6 Å². The molecule has 4 heteroatoms. The second kappa shape index (κ2) is 5.83. The molecule has 1 fully saturated rings. The van der Waals surface area contributed by atoms with E-state index in [1.54, 1.807) is 7.11 Å². The third kappa shape index (κ3) is 2.80. The monoisotopic (exact) mass is 276 g/mol. The molecule has 0 unspecified atom stereocenters. The number of nitrogens with one attached hydrogen (secondary N) is 1. The lowest BCUT2D eigenvalue weighted by Crippen LogP contribution is -2.51. The minimum atomic E-state index is -0.506. The number of carbonyl (C=O) groups is 1. The van der Waals surface area contributed by atoms with Crippen molar-refractivity contribution in [2.45, 2.75) is 26.2 Å². The first-order valence-electron chi connectivity index (χ1n) is 7.12. The highest BCUT2D eigenvalue weighted by Crippen LogP contribution is 2.29. The average molecular weight is 276 g/mol. The summed E-state index contributed by atoms with van der Waals surface area (Å²) in [6, 6.07) is 5.99. The zero-order valence-corrected chi connectivity index (χ0v) is 12.8. The molecule has 1 aliphatic rings. The summed E-state index contributed by atoms with van der Waals surface area (Å²) in [6.45, 7) is 9.34. The predicted octanol–water partition coefficient (Wildman–Crippen LogP) is 1.71. The van der Waals surface area contributed by atoms with E-state index in [1.807, 2.05) is 37.8 Å². The van der Waals surface area contributed by atoms with Crippen LogP contribution in [-0.2, 0) is 10.2 Å². The fourth-order valence-corrected chi connectivity index (χ4v) is 2.65. The number of carbonyl (C=O) groups excluding carboxylic acids is 1. The number of methoxy groups -OCH3 is 1. The first-order valence-corrected chi connectivity index (χ1v) is 7.12. The largest absolute Gasteiger partial charge is 0.496 e. The van der Waals surface area contributed by atoms with E-state index in [1.165, 1.54) is 0 Å². The maximum Gasteiger partial charge on any atom is 0.232 e. The molecule has 0 spiro atoms. The number of hydrogen-bond acceptors (Lipinski definition) is 3. The van der Waals surface area contributed by atoms with Crippen molar-refractivity contribution in [2.75, 3.05) is 33.3 Å². The number of hydrogen-bond donors (Lipinski definition) is 1. The lowest BCUT2D eigenvalue weighted by molar-refractivity contribution is -0.136. The van der Waals surface area contributed by atoms with Crippen LogP contribution in [0.4, 0.5) is 0 Å². The van der Waals surface area contributed by atoms with Gasteiger partial charge in [0.15, 0.2) is 0 Å². The molecule has 0 atom stereocenters. The van der Waals surface area contributed by atoms with Crippen molar-refractivity contribution in [1.29, 1.82) is 0 Å². The molecule has 1 aliphatic heterocycles. The molecule has 0 bridgehead atoms. The van der Waals surface area contributed by atoms with E-state index in [4.69, 9.17) is 4.74 Å². The molecule has 110 valence electrons. The number of benzene rings is 1. The molecular formula is C16H24N2O2. The van der Waals surface area contributed by atoms with Gasteiger partial charge in [-0.05, 0) is 38.0 Å². The molecule has 1 amide bonds. The third-order valence-electron chi connectivity index (χ3n) is 4.06. The fraction of sp³-hybridized carbons (Fsp3) is 0.562. The molecule has 1 saturated heterocycles. The highest BCUT2D eigenvalue weighted by molar-refractivity contribution is 5.87. The van der Waals surface area contributed by atoms with E-state index < -0.39 is 5.41 Å². The van der Waals surface area contributed by atoms with Crippen LogP contribution >= 0.6 is 0 Å². The first-order chi connectivity index (χ1) is 9.46. The molecule has 0 aromatic heterocycles. The van der Waals surface area contributed by atoms with Gasteiger partial charge in [0, 0.05) is 26.2 Å². The van der Waals surface area contributed by atoms with E-state index in [-0.39, 0.29) is 5.91 Å². The quantitative estimate of drug-likeness (QED) is 0.914. The molecule has 0 radical (unpaired) electrons. The van der Waals surface area contributed by atoms with Gasteiger partial charge in [0.05, 0.1) is 12.5 Å². The highest BCUT2D eigenvalue weighted by Gasteiger charge is 2.34. The summed E-state index contributed by atoms with van der Waals surface area (Å²) in [5, 5.41) is 3.27. The average Bonchev–Trinajstić information content (AvgIpc) is 2.47. The lowest BCUT2D eigenvalue weighted by Gasteiger charge is -2.35. The van der Waals surface area contributed by atoms with Crippen molar-refractivity contribution in [3.05, 3.63) is 29.3 Å². The second-order valence-electron chi connectivity index (χ2n) is 5.85. The predicted molar refractivity (Wildman–Crippen MR) is 80.2 cm³/mol. The number of nitrogens with zero attached hydrogens (tertiary/aromatic N) is 1. The zero-order chi connectivity index (χ0) is 14.8. The van der Waals surface area contributed by atoms with E-state index in [0.717, 1.165) is 43.1 Å². The number of ether oxygens (including phenoxy) is 1. The van der Waals surface area contributed by atoms with Crippen LogP contribution in [0.15, 0.2) is 18.2 Å². The van der Waals surface area contributed by atoms with Crippen molar-refractivity contribution in [2.24, 2.45) is 0 Å². The van der Waals surface area contributed by atoms with E-state index in [0.29, 0.717) is 0 Å². The number of amides is 1. The van der Waals surface area contributed by atoms with Crippen LogP contribution in [0.1, 0.15) is 25.0 Å². The van der Waals surface area contributed by atoms with Crippen molar-refractivity contribution in [3.63, 3.8) is 0 Å². The smallest absolute Gasteiger partial charge is 0.232 e. The summed E-state index contributed by atoms with van der Waals surface area (Å²) >= 11 is 0. The standard InChI is InChI=1S/C16H24N2O2/c1-12-11-13(5-6-14(12)20-4)16(2,3)15(19)18-9-7-17-8-10-18/h5-6,11,17H,7-10H2,1-4H3. The Hall–Kier alpha value is -1.55. The molecule has 4 nitrogen and oxygen atoms in total. The fourth-order valence-electron chi connectivity index (χ4n) is 2.65. The van der Waals surface area contributed by atoms with E-state index >= 15 is 0 Å². The van der Waals surface area contributed by atoms with Gasteiger partial charge in [0.2, 0.25) is 5.91 Å². The van der Waals surface area contributed by atoms with Crippen molar-refractivity contribution < 1.29 is 9.53 Å². The summed E-state index contributed by atoms with van der Waals surface area (Å²) in [5.41, 5.74) is 1.60. The summed E-state index contributed by atoms with van der Waals surface area (Å²) in [5.74, 6) is 1.06. The van der Waals surface area contributed by atoms with Gasteiger partial charge < -0.3 is 15.0 Å². The molecule has 1 N–H and O–H groups in total. The van der Waals surface area contributed by atoms with Crippen molar-refractivity contribution >= 4 is 5.91 Å². The highest BCUT2D eigenvalue weighted by atomic mass is 16.5. The Morgan fingerprint density at radius 3 is 2.50 bits per heavy atom. The Bertz CT molecular complexity index is 491. The Labute approximate surface area is 121 Å². The van der Waals surface area contributed by atoms with E-state index in [9.17, 15) is 4.79 Å². The number of aryl methyl sites for hydroxylation is 1. The van der Waals surface area contributed by atoms with Crippen LogP contribution < -0.4 is 10.1 Å². The van der Waals surface area contributed by atoms with Crippen molar-refractivity contribution in [1.82, 2.24) is 10.2 Å². The Morgan fingerprint density at radius 1 is 1.30 bits per heavy atom. The van der Waals surface area contributed by atoms with Crippen LogP contribution in [0, 0.1) is 6.92 Å². The van der Waals surface area contributed by atoms with Crippen LogP contribution in [0.5, 0.6) is 5.75 Å². The molecule has 0 saturated carbocycles. The van der Waals surface area contributed by atoms with Crippen LogP contribution in [0.25, 0.3) is 0 Å². The molecule has 20 heavy (non-hydrogen) atoms. The van der Waals surface area contributed by atoms with Gasteiger partial charge in [0.1, 0.15) is 5.75 Å². The van der Waals surface area contributed by atoms with E-state index in [2.05, 4.69) is 11.4 Å². The van der Waals surface area contributed by atoms with Gasteiger partial charge in [-0.3, -0.25) is 4.79 Å². The summed E-state index contributed by atoms with van der Waals surface area (Å²) in [4.78, 5) is 14.7. The van der Waals surface area contributed by atoms with Crippen LogP contribution in [0.3, 0.4) is 0 Å². The summed E-state index contributed by atoms with van der Waals surface area (Å²) in [6.07, 6.45) is 0. The van der Waals surface area contributed by atoms with Gasteiger partial charge >= 0.3 is 0 Å². The van der Waals surface area contributed by atoms with Gasteiger partial charge in [-0.1, -0.05) is 12.1 Å². The number of piperazine rings is 1. The second-order valence-corrected chi connectivity index (χ2v) is 5.85. The van der Waals surface area contributed by atoms with Gasteiger partial charge in [-0.25, -0.2) is 0 Å². The minimum Gasteiger partial charge on any atom is -0.496 e. The van der Waals surface area contributed by atoms with Gasteiger partial charge in [-0.2, -0.15) is 0 Å². The Balaban J connectivity index is 2.24. The van der Waals surface area contributed by atoms with Crippen molar-refractivity contribution in [3.8, 4) is 5.75 Å². The van der Waals surface area contributed by atoms with Gasteiger partial charge in [-0.15, -0.1) is 0 Å². The van der Waals surface area contributed by atoms with Crippen LogP contribution in [-0.4, -0.2) is 44.1 Å². The normalized spacial score (nSPS) is 16.1. The lowest BCUT2D eigenvalue weighted by atomic mass is 9.82. The number of rotatable bonds is 3. The summed E-state index contributed by atoms with van der Waals surface area (Å²) < 4.78 is 5.29. The molecule has 1 aromatic rings. The zero-order valence-electron chi connectivity index (χ0n) is 12.8. The molecule has 1 heterocycles. The molecule has 0 aliphatic carbocycles. The maximum atomic E-state index is 12.8. The summed E-state index contributed by atoms with van der Waals surface area (Å²) in [7, 11) is 1.67. The molecule has 1 aromatic carbocycles. The Kier molecular flexibility index (Phi) is 4.33. The Morgan fingerprint density at radius 2 is 1.95 bits per heavy atom. The van der Waals surface area contributed by atoms with Gasteiger partial charge in [0.25, 0.3) is 0 Å². The van der Waals surface area contributed by atoms with Crippen LogP contribution in [0.2, 0.25) is 0 Å². The maximum absolute atomic E-state index is 12.8. The third-order valence-corrected chi connectivity index (χ3v) is 4.06. The molecular weight excluding hydrogens is 252 g/mol. The molecule has 2 rings (SSSR count).